The summed E-state index contributed by atoms with van der Waals surface area (Å²) in [6.45, 7) is 2.05. The molecule has 0 spiro atoms. The predicted molar refractivity (Wildman–Crippen MR) is 128 cm³/mol. The van der Waals surface area contributed by atoms with Crippen LogP contribution >= 0.6 is 11.6 Å². The van der Waals surface area contributed by atoms with Crippen LogP contribution in [0.25, 0.3) is 11.1 Å². The number of amides is 1. The molecule has 3 aromatic carbocycles. The second-order valence-electron chi connectivity index (χ2n) is 7.17. The van der Waals surface area contributed by atoms with Crippen LogP contribution in [0.1, 0.15) is 15.9 Å². The van der Waals surface area contributed by atoms with Gasteiger partial charge in [-0.1, -0.05) is 47.5 Å². The number of benzene rings is 3. The monoisotopic (exact) mass is 444 g/mol. The smallest absolute Gasteiger partial charge is 0.255 e. The predicted octanol–water partition coefficient (Wildman–Crippen LogP) is 6.11. The molecule has 0 saturated heterocycles. The molecule has 4 rings (SSSR count). The molecule has 6 nitrogen and oxygen atoms in total. The Labute approximate surface area is 191 Å². The third-order valence-electron chi connectivity index (χ3n) is 4.79. The number of halogens is 1. The minimum Gasteiger partial charge on any atom is -0.495 e. The van der Waals surface area contributed by atoms with E-state index in [0.29, 0.717) is 33.7 Å². The lowest BCUT2D eigenvalue weighted by Gasteiger charge is -2.10. The van der Waals surface area contributed by atoms with Crippen LogP contribution in [0, 0.1) is 6.92 Å². The van der Waals surface area contributed by atoms with Crippen LogP contribution in [0.3, 0.4) is 0 Å². The van der Waals surface area contributed by atoms with Crippen LogP contribution in [0.2, 0.25) is 5.02 Å². The maximum Gasteiger partial charge on any atom is 0.255 e. The van der Waals surface area contributed by atoms with Gasteiger partial charge in [-0.15, -0.1) is 0 Å². The van der Waals surface area contributed by atoms with Crippen LogP contribution in [-0.2, 0) is 0 Å². The Balaban J connectivity index is 1.46. The maximum atomic E-state index is 12.7. The van der Waals surface area contributed by atoms with Crippen molar-refractivity contribution in [3.05, 3.63) is 95.3 Å². The number of rotatable bonds is 6. The number of ether oxygens (including phenoxy) is 1. The van der Waals surface area contributed by atoms with Gasteiger partial charge in [-0.3, -0.25) is 4.79 Å². The molecule has 0 bridgehead atoms. The average Bonchev–Trinajstić information content (AvgIpc) is 2.80. The summed E-state index contributed by atoms with van der Waals surface area (Å²) in [5.41, 5.74) is 4.94. The molecule has 4 aromatic rings. The normalized spacial score (nSPS) is 10.5. The number of carbonyl (C=O) groups is 1. The Bertz CT molecular complexity index is 1260. The van der Waals surface area contributed by atoms with Gasteiger partial charge in [0.1, 0.15) is 5.75 Å². The third-order valence-corrected chi connectivity index (χ3v) is 5.09. The summed E-state index contributed by atoms with van der Waals surface area (Å²) in [5.74, 6) is 0.732. The zero-order valence-corrected chi connectivity index (χ0v) is 18.4. The van der Waals surface area contributed by atoms with E-state index in [9.17, 15) is 4.79 Å². The van der Waals surface area contributed by atoms with E-state index in [-0.39, 0.29) is 5.91 Å². The standard InChI is InChI=1S/C25H21ClN4O2/c1-16-5-3-6-17(11-16)19-14-27-25(28-15-19)30-20-8-4-7-18(12-20)24(31)29-21-9-10-23(32-2)22(26)13-21/h3-15H,1-2H3,(H,29,31)(H,27,28,30). The Kier molecular flexibility index (Phi) is 6.33. The molecule has 0 radical (unpaired) electrons. The average molecular weight is 445 g/mol. The van der Waals surface area contributed by atoms with Gasteiger partial charge < -0.3 is 15.4 Å². The molecular formula is C25H21ClN4O2. The molecule has 160 valence electrons. The number of aromatic nitrogens is 2. The SMILES string of the molecule is COc1ccc(NC(=O)c2cccc(Nc3ncc(-c4cccc(C)c4)cn3)c2)cc1Cl. The van der Waals surface area contributed by atoms with Gasteiger partial charge in [0.05, 0.1) is 12.1 Å². The molecule has 0 unspecified atom stereocenters. The van der Waals surface area contributed by atoms with Crippen molar-refractivity contribution in [1.29, 1.82) is 0 Å². The molecule has 0 saturated carbocycles. The van der Waals surface area contributed by atoms with E-state index in [1.54, 1.807) is 48.8 Å². The summed E-state index contributed by atoms with van der Waals surface area (Å²) >= 11 is 6.13. The zero-order chi connectivity index (χ0) is 22.5. The van der Waals surface area contributed by atoms with Crippen LogP contribution < -0.4 is 15.4 Å². The number of anilines is 3. The summed E-state index contributed by atoms with van der Waals surface area (Å²) in [7, 11) is 1.54. The Morgan fingerprint density at radius 2 is 1.69 bits per heavy atom. The highest BCUT2D eigenvalue weighted by Gasteiger charge is 2.10. The number of hydrogen-bond acceptors (Lipinski definition) is 5. The lowest BCUT2D eigenvalue weighted by molar-refractivity contribution is 0.102. The molecule has 0 fully saturated rings. The first-order valence-corrected chi connectivity index (χ1v) is 10.3. The molecule has 7 heteroatoms. The third kappa shape index (κ3) is 5.04. The first-order chi connectivity index (χ1) is 15.5. The van der Waals surface area contributed by atoms with Crippen molar-refractivity contribution < 1.29 is 9.53 Å². The molecular weight excluding hydrogens is 424 g/mol. The molecule has 0 aliphatic heterocycles. The van der Waals surface area contributed by atoms with Gasteiger partial charge in [0, 0.05) is 34.9 Å². The van der Waals surface area contributed by atoms with E-state index in [2.05, 4.69) is 26.7 Å². The van der Waals surface area contributed by atoms with Gasteiger partial charge in [0.25, 0.3) is 5.91 Å². The lowest BCUT2D eigenvalue weighted by atomic mass is 10.1. The van der Waals surface area contributed by atoms with Crippen LogP contribution in [0.4, 0.5) is 17.3 Å². The molecule has 0 aliphatic carbocycles. The van der Waals surface area contributed by atoms with Crippen LogP contribution in [0.5, 0.6) is 5.75 Å². The van der Waals surface area contributed by atoms with Crippen molar-refractivity contribution in [2.24, 2.45) is 0 Å². The fourth-order valence-corrected chi connectivity index (χ4v) is 3.44. The van der Waals surface area contributed by atoms with Crippen molar-refractivity contribution in [2.75, 3.05) is 17.7 Å². The highest BCUT2D eigenvalue weighted by molar-refractivity contribution is 6.32. The van der Waals surface area contributed by atoms with E-state index in [4.69, 9.17) is 16.3 Å². The Morgan fingerprint density at radius 3 is 2.41 bits per heavy atom. The summed E-state index contributed by atoms with van der Waals surface area (Å²) < 4.78 is 5.13. The fourth-order valence-electron chi connectivity index (χ4n) is 3.18. The van der Waals surface area contributed by atoms with Gasteiger partial charge >= 0.3 is 0 Å². The Morgan fingerprint density at radius 1 is 0.906 bits per heavy atom. The van der Waals surface area contributed by atoms with Gasteiger partial charge in [-0.05, 0) is 48.9 Å². The highest BCUT2D eigenvalue weighted by atomic mass is 35.5. The van der Waals surface area contributed by atoms with Gasteiger partial charge in [0.2, 0.25) is 5.95 Å². The fraction of sp³-hybridized carbons (Fsp3) is 0.0800. The quantitative estimate of drug-likeness (QED) is 0.375. The minimum atomic E-state index is -0.259. The van der Waals surface area contributed by atoms with Crippen molar-refractivity contribution in [3.8, 4) is 16.9 Å². The number of nitrogens with zero attached hydrogens (tertiary/aromatic N) is 2. The topological polar surface area (TPSA) is 76.1 Å². The van der Waals surface area contributed by atoms with Crippen molar-refractivity contribution in [2.45, 2.75) is 6.92 Å². The summed E-state index contributed by atoms with van der Waals surface area (Å²) in [6, 6.07) is 20.3. The number of aryl methyl sites for hydroxylation is 1. The van der Waals surface area contributed by atoms with Crippen molar-refractivity contribution in [1.82, 2.24) is 9.97 Å². The summed E-state index contributed by atoms with van der Waals surface area (Å²) in [5, 5.41) is 6.39. The molecule has 1 heterocycles. The number of hydrogen-bond donors (Lipinski definition) is 2. The van der Waals surface area contributed by atoms with E-state index in [1.807, 2.05) is 31.2 Å². The first-order valence-electron chi connectivity index (χ1n) is 9.93. The largest absolute Gasteiger partial charge is 0.495 e. The van der Waals surface area contributed by atoms with Crippen LogP contribution in [0.15, 0.2) is 79.1 Å². The van der Waals surface area contributed by atoms with Crippen molar-refractivity contribution in [3.63, 3.8) is 0 Å². The van der Waals surface area contributed by atoms with E-state index in [1.165, 1.54) is 12.7 Å². The van der Waals surface area contributed by atoms with E-state index in [0.717, 1.165) is 11.1 Å². The number of carbonyl (C=O) groups excluding carboxylic acids is 1. The summed E-state index contributed by atoms with van der Waals surface area (Å²) in [6.07, 6.45) is 3.54. The molecule has 0 atom stereocenters. The van der Waals surface area contributed by atoms with Gasteiger partial charge in [-0.25, -0.2) is 9.97 Å². The first kappa shape index (κ1) is 21.3. The minimum absolute atomic E-state index is 0.259. The molecule has 2 N–H and O–H groups in total. The van der Waals surface area contributed by atoms with Crippen molar-refractivity contribution >= 4 is 34.8 Å². The highest BCUT2D eigenvalue weighted by Crippen LogP contribution is 2.27. The van der Waals surface area contributed by atoms with Gasteiger partial charge in [-0.2, -0.15) is 0 Å². The summed E-state index contributed by atoms with van der Waals surface area (Å²) in [4.78, 5) is 21.5. The second kappa shape index (κ2) is 9.49. The zero-order valence-electron chi connectivity index (χ0n) is 17.6. The van der Waals surface area contributed by atoms with Gasteiger partial charge in [0.15, 0.2) is 0 Å². The molecule has 1 aromatic heterocycles. The van der Waals surface area contributed by atoms with Crippen LogP contribution in [-0.4, -0.2) is 23.0 Å². The lowest BCUT2D eigenvalue weighted by Crippen LogP contribution is -2.12. The molecule has 1 amide bonds. The molecule has 0 aliphatic rings. The molecule has 32 heavy (non-hydrogen) atoms. The Hall–Kier alpha value is -3.90. The second-order valence-corrected chi connectivity index (χ2v) is 7.58. The van der Waals surface area contributed by atoms with E-state index >= 15 is 0 Å². The number of nitrogens with one attached hydrogen (secondary N) is 2. The maximum absolute atomic E-state index is 12.7. The van der Waals surface area contributed by atoms with E-state index < -0.39 is 0 Å². The number of methoxy groups -OCH3 is 1.